The number of fused-ring (bicyclic) bond motifs is 1. The second-order valence-electron chi connectivity index (χ2n) is 7.77. The molecule has 4 aromatic rings. The summed E-state index contributed by atoms with van der Waals surface area (Å²) >= 11 is 0. The zero-order valence-electron chi connectivity index (χ0n) is 18.1. The number of rotatable bonds is 8. The van der Waals surface area contributed by atoms with Gasteiger partial charge >= 0.3 is 5.69 Å². The van der Waals surface area contributed by atoms with Crippen LogP contribution in [0.25, 0.3) is 5.65 Å². The topological polar surface area (TPSA) is 90.5 Å². The van der Waals surface area contributed by atoms with Gasteiger partial charge in [0.2, 0.25) is 11.6 Å². The lowest BCUT2D eigenvalue weighted by Gasteiger charge is -2.13. The van der Waals surface area contributed by atoms with E-state index in [1.165, 1.54) is 22.4 Å². The van der Waals surface area contributed by atoms with Gasteiger partial charge < -0.3 is 10.1 Å². The lowest BCUT2D eigenvalue weighted by molar-refractivity contribution is -0.122. The minimum absolute atomic E-state index is 0.0301. The summed E-state index contributed by atoms with van der Waals surface area (Å²) in [7, 11) is 0. The van der Waals surface area contributed by atoms with Crippen molar-refractivity contribution in [3.63, 3.8) is 0 Å². The molecular weight excluding hydrogens is 406 g/mol. The van der Waals surface area contributed by atoms with Gasteiger partial charge in [-0.3, -0.25) is 4.79 Å². The van der Waals surface area contributed by atoms with Crippen molar-refractivity contribution in [3.05, 3.63) is 88.6 Å². The molecule has 0 spiro atoms. The number of nitrogens with zero attached hydrogens (tertiary/aromatic N) is 4. The summed E-state index contributed by atoms with van der Waals surface area (Å²) in [6, 6.07) is 17.6. The molecule has 32 heavy (non-hydrogen) atoms. The van der Waals surface area contributed by atoms with E-state index in [0.717, 1.165) is 23.1 Å². The maximum atomic E-state index is 12.7. The van der Waals surface area contributed by atoms with Gasteiger partial charge in [0.05, 0.1) is 0 Å². The monoisotopic (exact) mass is 431 g/mol. The Morgan fingerprint density at radius 3 is 2.62 bits per heavy atom. The van der Waals surface area contributed by atoms with Crippen molar-refractivity contribution >= 4 is 11.6 Å². The normalized spacial score (nSPS) is 11.9. The van der Waals surface area contributed by atoms with E-state index in [-0.39, 0.29) is 30.0 Å². The van der Waals surface area contributed by atoms with Gasteiger partial charge in [0, 0.05) is 18.4 Å². The van der Waals surface area contributed by atoms with Crippen LogP contribution in [-0.4, -0.2) is 31.1 Å². The van der Waals surface area contributed by atoms with E-state index < -0.39 is 5.69 Å². The lowest BCUT2D eigenvalue weighted by Crippen LogP contribution is -2.37. The van der Waals surface area contributed by atoms with E-state index in [2.05, 4.69) is 27.5 Å². The van der Waals surface area contributed by atoms with E-state index in [4.69, 9.17) is 4.74 Å². The highest BCUT2D eigenvalue weighted by molar-refractivity contribution is 5.76. The van der Waals surface area contributed by atoms with E-state index in [1.54, 1.807) is 0 Å². The summed E-state index contributed by atoms with van der Waals surface area (Å²) in [5.41, 5.74) is 2.15. The molecule has 164 valence electrons. The predicted octanol–water partition coefficient (Wildman–Crippen LogP) is 3.13. The first-order valence-electron chi connectivity index (χ1n) is 10.5. The molecule has 1 amide bonds. The van der Waals surface area contributed by atoms with Crippen LogP contribution in [0.3, 0.4) is 0 Å². The highest BCUT2D eigenvalue weighted by Gasteiger charge is 2.16. The second-order valence-corrected chi connectivity index (χ2v) is 7.77. The summed E-state index contributed by atoms with van der Waals surface area (Å²) in [6.07, 6.45) is 4.63. The van der Waals surface area contributed by atoms with Gasteiger partial charge in [0.15, 0.2) is 0 Å². The standard InChI is InChI=1S/C24H25N5O3/c1-17-8-12-20(13-9-17)32-23-22-27-29(24(31)28(22)15-14-25-23)16-21(30)26-18(2)10-11-19-6-4-3-5-7-19/h3-9,12-15,18H,10-11,16H2,1-2H3,(H,26,30)/t18-/m0/s1. The van der Waals surface area contributed by atoms with E-state index >= 15 is 0 Å². The summed E-state index contributed by atoms with van der Waals surface area (Å²) in [5, 5.41) is 7.22. The molecule has 4 rings (SSSR count). The molecule has 0 aliphatic rings. The van der Waals surface area contributed by atoms with Crippen molar-refractivity contribution < 1.29 is 9.53 Å². The van der Waals surface area contributed by atoms with Gasteiger partial charge in [0.25, 0.3) is 5.88 Å². The number of benzene rings is 2. The first-order chi connectivity index (χ1) is 15.5. The van der Waals surface area contributed by atoms with Crippen LogP contribution in [0.15, 0.2) is 71.8 Å². The van der Waals surface area contributed by atoms with Gasteiger partial charge in [-0.1, -0.05) is 48.0 Å². The summed E-state index contributed by atoms with van der Waals surface area (Å²) in [4.78, 5) is 29.4. The molecule has 0 unspecified atom stereocenters. The number of aromatic nitrogens is 4. The average Bonchev–Trinajstić information content (AvgIpc) is 3.11. The van der Waals surface area contributed by atoms with Crippen LogP contribution in [0.5, 0.6) is 11.6 Å². The molecule has 2 aromatic heterocycles. The Morgan fingerprint density at radius 2 is 1.88 bits per heavy atom. The highest BCUT2D eigenvalue weighted by atomic mass is 16.5. The van der Waals surface area contributed by atoms with Crippen LogP contribution in [0.4, 0.5) is 0 Å². The first kappa shape index (κ1) is 21.3. The molecule has 0 saturated carbocycles. The molecule has 8 nitrogen and oxygen atoms in total. The number of carbonyl (C=O) groups excluding carboxylic acids is 1. The molecule has 0 saturated heterocycles. The van der Waals surface area contributed by atoms with Crippen LogP contribution < -0.4 is 15.7 Å². The van der Waals surface area contributed by atoms with Crippen LogP contribution in [0.2, 0.25) is 0 Å². The molecule has 0 fully saturated rings. The fraction of sp³-hybridized carbons (Fsp3) is 0.250. The summed E-state index contributed by atoms with van der Waals surface area (Å²) in [6.45, 7) is 3.75. The molecule has 2 heterocycles. The number of hydrogen-bond acceptors (Lipinski definition) is 5. The van der Waals surface area contributed by atoms with Crippen molar-refractivity contribution in [2.75, 3.05) is 0 Å². The van der Waals surface area contributed by atoms with Gasteiger partial charge in [-0.05, 0) is 44.4 Å². The zero-order valence-corrected chi connectivity index (χ0v) is 18.1. The Labute approximate surface area is 185 Å². The van der Waals surface area contributed by atoms with E-state index in [9.17, 15) is 9.59 Å². The predicted molar refractivity (Wildman–Crippen MR) is 121 cm³/mol. The number of amides is 1. The van der Waals surface area contributed by atoms with Gasteiger partial charge in [-0.25, -0.2) is 18.9 Å². The fourth-order valence-electron chi connectivity index (χ4n) is 3.38. The number of hydrogen-bond donors (Lipinski definition) is 1. The van der Waals surface area contributed by atoms with Crippen LogP contribution in [0.1, 0.15) is 24.5 Å². The minimum Gasteiger partial charge on any atom is -0.436 e. The molecule has 2 aromatic carbocycles. The molecule has 0 aliphatic carbocycles. The molecule has 0 radical (unpaired) electrons. The number of aryl methyl sites for hydroxylation is 2. The van der Waals surface area contributed by atoms with E-state index in [1.807, 2.05) is 56.3 Å². The third kappa shape index (κ3) is 5.03. The summed E-state index contributed by atoms with van der Waals surface area (Å²) < 4.78 is 8.26. The van der Waals surface area contributed by atoms with Gasteiger partial charge in [0.1, 0.15) is 12.3 Å². The van der Waals surface area contributed by atoms with Crippen molar-refractivity contribution in [2.45, 2.75) is 39.3 Å². The molecule has 0 bridgehead atoms. The van der Waals surface area contributed by atoms with Crippen LogP contribution in [-0.2, 0) is 17.8 Å². The van der Waals surface area contributed by atoms with Gasteiger partial charge in [-0.2, -0.15) is 0 Å². The SMILES string of the molecule is Cc1ccc(Oc2nccn3c(=O)n(CC(=O)N[C@@H](C)CCc4ccccc4)nc23)cc1. The van der Waals surface area contributed by atoms with Crippen molar-refractivity contribution in [1.29, 1.82) is 0 Å². The van der Waals surface area contributed by atoms with Crippen LogP contribution in [0, 0.1) is 6.92 Å². The lowest BCUT2D eigenvalue weighted by atomic mass is 10.1. The number of nitrogens with one attached hydrogen (secondary N) is 1. The van der Waals surface area contributed by atoms with Gasteiger partial charge in [-0.15, -0.1) is 5.10 Å². The Hall–Kier alpha value is -3.94. The van der Waals surface area contributed by atoms with Crippen molar-refractivity contribution in [1.82, 2.24) is 24.5 Å². The largest absolute Gasteiger partial charge is 0.436 e. The Balaban J connectivity index is 1.43. The Bertz CT molecular complexity index is 1260. The summed E-state index contributed by atoms with van der Waals surface area (Å²) in [5.74, 6) is 0.511. The maximum absolute atomic E-state index is 12.7. The Morgan fingerprint density at radius 1 is 1.12 bits per heavy atom. The smallest absolute Gasteiger partial charge is 0.351 e. The molecule has 1 atom stereocenters. The molecule has 8 heteroatoms. The first-order valence-corrected chi connectivity index (χ1v) is 10.5. The van der Waals surface area contributed by atoms with Crippen molar-refractivity contribution in [2.24, 2.45) is 0 Å². The molecule has 0 aliphatic heterocycles. The number of ether oxygens (including phenoxy) is 1. The maximum Gasteiger partial charge on any atom is 0.351 e. The molecular formula is C24H25N5O3. The third-order valence-electron chi connectivity index (χ3n) is 5.11. The average molecular weight is 431 g/mol. The second kappa shape index (κ2) is 9.47. The molecule has 1 N–H and O–H groups in total. The quantitative estimate of drug-likeness (QED) is 0.463. The van der Waals surface area contributed by atoms with Crippen LogP contribution >= 0.6 is 0 Å². The highest BCUT2D eigenvalue weighted by Crippen LogP contribution is 2.22. The zero-order chi connectivity index (χ0) is 22.5. The Kier molecular flexibility index (Phi) is 6.30. The third-order valence-corrected chi connectivity index (χ3v) is 5.11. The minimum atomic E-state index is -0.428. The number of carbonyl (C=O) groups is 1. The van der Waals surface area contributed by atoms with E-state index in [0.29, 0.717) is 5.75 Å². The van der Waals surface area contributed by atoms with Crippen molar-refractivity contribution in [3.8, 4) is 11.6 Å². The fourth-order valence-corrected chi connectivity index (χ4v) is 3.38.